The predicted molar refractivity (Wildman–Crippen MR) is 112 cm³/mol. The van der Waals surface area contributed by atoms with Crippen LogP contribution >= 0.6 is 0 Å². The third-order valence-corrected chi connectivity index (χ3v) is 6.21. The van der Waals surface area contributed by atoms with Crippen molar-refractivity contribution in [3.63, 3.8) is 0 Å². The lowest BCUT2D eigenvalue weighted by Crippen LogP contribution is -2.44. The second-order valence-corrected chi connectivity index (χ2v) is 8.21. The Kier molecular flexibility index (Phi) is 5.56. The van der Waals surface area contributed by atoms with E-state index in [0.717, 1.165) is 30.6 Å². The van der Waals surface area contributed by atoms with Crippen molar-refractivity contribution in [2.75, 3.05) is 7.11 Å². The Balaban J connectivity index is 1.40. The van der Waals surface area contributed by atoms with Gasteiger partial charge in [-0.1, -0.05) is 36.4 Å². The average molecular weight is 392 g/mol. The Labute approximate surface area is 171 Å². The van der Waals surface area contributed by atoms with E-state index >= 15 is 0 Å². The number of methoxy groups -OCH3 is 1. The van der Waals surface area contributed by atoms with E-state index in [1.165, 1.54) is 11.1 Å². The highest BCUT2D eigenvalue weighted by molar-refractivity contribution is 5.80. The number of rotatable bonds is 7. The van der Waals surface area contributed by atoms with Crippen molar-refractivity contribution < 1.29 is 14.3 Å². The van der Waals surface area contributed by atoms with Crippen molar-refractivity contribution in [1.82, 2.24) is 10.6 Å². The summed E-state index contributed by atoms with van der Waals surface area (Å²) in [7, 11) is 1.65. The molecule has 0 unspecified atom stereocenters. The van der Waals surface area contributed by atoms with Crippen LogP contribution in [0.25, 0.3) is 0 Å². The lowest BCUT2D eigenvalue weighted by atomic mass is 9.85. The zero-order chi connectivity index (χ0) is 20.3. The van der Waals surface area contributed by atoms with Gasteiger partial charge in [0.1, 0.15) is 5.75 Å². The number of hydrogen-bond acceptors (Lipinski definition) is 3. The Morgan fingerprint density at radius 3 is 2.86 bits per heavy atom. The van der Waals surface area contributed by atoms with Crippen LogP contribution < -0.4 is 15.4 Å². The summed E-state index contributed by atoms with van der Waals surface area (Å²) in [5.41, 5.74) is 3.31. The number of carbonyl (C=O) groups is 2. The minimum absolute atomic E-state index is 0.0536. The summed E-state index contributed by atoms with van der Waals surface area (Å²) in [5.74, 6) is 0.926. The molecule has 1 heterocycles. The molecule has 0 radical (unpaired) electrons. The fourth-order valence-electron chi connectivity index (χ4n) is 4.68. The number of ether oxygens (including phenoxy) is 1. The molecule has 0 spiro atoms. The van der Waals surface area contributed by atoms with Gasteiger partial charge in [0.2, 0.25) is 11.8 Å². The highest BCUT2D eigenvalue weighted by Gasteiger charge is 2.38. The van der Waals surface area contributed by atoms with Crippen LogP contribution in [0.1, 0.15) is 54.8 Å². The van der Waals surface area contributed by atoms with E-state index in [1.807, 2.05) is 36.4 Å². The Morgan fingerprint density at radius 2 is 2.07 bits per heavy atom. The quantitative estimate of drug-likeness (QED) is 0.758. The first-order valence-electron chi connectivity index (χ1n) is 10.4. The standard InChI is InChI=1S/C24H28N2O3/c1-29-19-7-4-5-17(15-19)16-24(14-12-23(28)26-24)13-11-22(27)25-21-10-9-18-6-2-3-8-20(18)21/h2-8,15,21H,9-14,16H2,1H3,(H,25,27)(H,26,28)/t21-,24+/m1/s1. The van der Waals surface area contributed by atoms with Crippen molar-refractivity contribution in [1.29, 1.82) is 0 Å². The second kappa shape index (κ2) is 8.27. The predicted octanol–water partition coefficient (Wildman–Crippen LogP) is 3.47. The summed E-state index contributed by atoms with van der Waals surface area (Å²) in [6.07, 6.45) is 4.98. The summed E-state index contributed by atoms with van der Waals surface area (Å²) in [6, 6.07) is 16.3. The molecule has 152 valence electrons. The topological polar surface area (TPSA) is 67.4 Å². The molecule has 0 aromatic heterocycles. The molecular formula is C24H28N2O3. The molecule has 29 heavy (non-hydrogen) atoms. The number of carbonyl (C=O) groups excluding carboxylic acids is 2. The maximum absolute atomic E-state index is 12.7. The third-order valence-electron chi connectivity index (χ3n) is 6.21. The van der Waals surface area contributed by atoms with Crippen molar-refractivity contribution in [2.45, 2.75) is 56.5 Å². The lowest BCUT2D eigenvalue weighted by molar-refractivity contribution is -0.123. The molecule has 2 aromatic rings. The molecule has 1 aliphatic carbocycles. The van der Waals surface area contributed by atoms with Crippen LogP contribution in [0.15, 0.2) is 48.5 Å². The van der Waals surface area contributed by atoms with Gasteiger partial charge in [-0.15, -0.1) is 0 Å². The molecule has 0 bridgehead atoms. The molecule has 0 saturated carbocycles. The largest absolute Gasteiger partial charge is 0.497 e. The number of hydrogen-bond donors (Lipinski definition) is 2. The molecule has 2 aromatic carbocycles. The number of fused-ring (bicyclic) bond motifs is 1. The number of nitrogens with one attached hydrogen (secondary N) is 2. The van der Waals surface area contributed by atoms with Gasteiger partial charge in [0.15, 0.2) is 0 Å². The Bertz CT molecular complexity index is 911. The van der Waals surface area contributed by atoms with E-state index < -0.39 is 0 Å². The van der Waals surface area contributed by atoms with Gasteiger partial charge in [-0.3, -0.25) is 9.59 Å². The Hall–Kier alpha value is -2.82. The maximum atomic E-state index is 12.7. The number of amides is 2. The zero-order valence-corrected chi connectivity index (χ0v) is 16.9. The van der Waals surface area contributed by atoms with Gasteiger partial charge in [-0.25, -0.2) is 0 Å². The molecule has 2 amide bonds. The van der Waals surface area contributed by atoms with Crippen molar-refractivity contribution in [3.8, 4) is 5.75 Å². The molecule has 4 rings (SSSR count). The highest BCUT2D eigenvalue weighted by atomic mass is 16.5. The Morgan fingerprint density at radius 1 is 1.21 bits per heavy atom. The van der Waals surface area contributed by atoms with E-state index in [9.17, 15) is 9.59 Å². The third kappa shape index (κ3) is 4.44. The summed E-state index contributed by atoms with van der Waals surface area (Å²) in [5, 5.41) is 6.36. The minimum atomic E-state index is -0.367. The SMILES string of the molecule is COc1cccc(C[C@]2(CCC(=O)N[C@@H]3CCc4ccccc43)CCC(=O)N2)c1. The first-order chi connectivity index (χ1) is 14.1. The molecule has 1 fully saturated rings. The summed E-state index contributed by atoms with van der Waals surface area (Å²) in [4.78, 5) is 24.7. The first kappa shape index (κ1) is 19.5. The highest BCUT2D eigenvalue weighted by Crippen LogP contribution is 2.32. The van der Waals surface area contributed by atoms with Gasteiger partial charge in [-0.05, 0) is 60.9 Å². The van der Waals surface area contributed by atoms with Crippen molar-refractivity contribution in [3.05, 3.63) is 65.2 Å². The van der Waals surface area contributed by atoms with E-state index in [2.05, 4.69) is 22.8 Å². The van der Waals surface area contributed by atoms with Crippen LogP contribution in [0.3, 0.4) is 0 Å². The normalized spacial score (nSPS) is 22.8. The van der Waals surface area contributed by atoms with Crippen LogP contribution in [0.5, 0.6) is 5.75 Å². The van der Waals surface area contributed by atoms with Crippen LogP contribution in [0.2, 0.25) is 0 Å². The van der Waals surface area contributed by atoms with E-state index in [1.54, 1.807) is 7.11 Å². The van der Waals surface area contributed by atoms with Crippen LogP contribution in [-0.4, -0.2) is 24.5 Å². The monoisotopic (exact) mass is 392 g/mol. The fraction of sp³-hybridized carbons (Fsp3) is 0.417. The number of aryl methyl sites for hydroxylation is 1. The molecule has 5 heteroatoms. The van der Waals surface area contributed by atoms with E-state index in [-0.39, 0.29) is 23.4 Å². The van der Waals surface area contributed by atoms with Gasteiger partial charge >= 0.3 is 0 Å². The van der Waals surface area contributed by atoms with Crippen LogP contribution in [0.4, 0.5) is 0 Å². The van der Waals surface area contributed by atoms with Crippen molar-refractivity contribution in [2.24, 2.45) is 0 Å². The molecule has 1 saturated heterocycles. The molecule has 2 aliphatic rings. The fourth-order valence-corrected chi connectivity index (χ4v) is 4.68. The van der Waals surface area contributed by atoms with Crippen molar-refractivity contribution >= 4 is 11.8 Å². The van der Waals surface area contributed by atoms with E-state index in [4.69, 9.17) is 4.74 Å². The zero-order valence-electron chi connectivity index (χ0n) is 16.9. The average Bonchev–Trinajstić information content (AvgIpc) is 3.31. The smallest absolute Gasteiger partial charge is 0.220 e. The number of benzene rings is 2. The molecule has 1 aliphatic heterocycles. The van der Waals surface area contributed by atoms with Crippen LogP contribution in [0, 0.1) is 0 Å². The van der Waals surface area contributed by atoms with E-state index in [0.29, 0.717) is 25.7 Å². The molecule has 2 atom stereocenters. The minimum Gasteiger partial charge on any atom is -0.497 e. The summed E-state index contributed by atoms with van der Waals surface area (Å²) < 4.78 is 5.32. The molecule has 2 N–H and O–H groups in total. The first-order valence-corrected chi connectivity index (χ1v) is 10.4. The van der Waals surface area contributed by atoms with Gasteiger partial charge < -0.3 is 15.4 Å². The lowest BCUT2D eigenvalue weighted by Gasteiger charge is -2.29. The molecular weight excluding hydrogens is 364 g/mol. The van der Waals surface area contributed by atoms with Crippen LogP contribution in [-0.2, 0) is 22.4 Å². The summed E-state index contributed by atoms with van der Waals surface area (Å²) in [6.45, 7) is 0. The van der Waals surface area contributed by atoms with Gasteiger partial charge in [0, 0.05) is 18.4 Å². The second-order valence-electron chi connectivity index (χ2n) is 8.21. The van der Waals surface area contributed by atoms with Gasteiger partial charge in [0.25, 0.3) is 0 Å². The van der Waals surface area contributed by atoms with Gasteiger partial charge in [0.05, 0.1) is 13.2 Å². The summed E-state index contributed by atoms with van der Waals surface area (Å²) >= 11 is 0. The van der Waals surface area contributed by atoms with Gasteiger partial charge in [-0.2, -0.15) is 0 Å². The molecule has 5 nitrogen and oxygen atoms in total. The maximum Gasteiger partial charge on any atom is 0.220 e.